The highest BCUT2D eigenvalue weighted by atomic mass is 15.3. The zero-order chi connectivity index (χ0) is 19.2. The van der Waals surface area contributed by atoms with Gasteiger partial charge in [-0.15, -0.1) is 5.10 Å². The van der Waals surface area contributed by atoms with Crippen LogP contribution in [0.3, 0.4) is 0 Å². The number of aryl methyl sites for hydroxylation is 2. The van der Waals surface area contributed by atoms with Crippen LogP contribution in [0.2, 0.25) is 0 Å². The number of hydrogen-bond acceptors (Lipinski definition) is 6. The Hall–Kier alpha value is -3.15. The van der Waals surface area contributed by atoms with Crippen LogP contribution in [0.1, 0.15) is 25.0 Å². The van der Waals surface area contributed by atoms with E-state index in [0.717, 1.165) is 29.9 Å². The van der Waals surface area contributed by atoms with E-state index in [9.17, 15) is 0 Å². The molecule has 0 atom stereocenters. The first-order valence-electron chi connectivity index (χ1n) is 9.22. The lowest BCUT2D eigenvalue weighted by Gasteiger charge is -2.15. The van der Waals surface area contributed by atoms with Crippen LogP contribution in [0.4, 0.5) is 28.8 Å². The van der Waals surface area contributed by atoms with E-state index < -0.39 is 0 Å². The molecule has 2 aromatic carbocycles. The summed E-state index contributed by atoms with van der Waals surface area (Å²) < 4.78 is 0. The summed E-state index contributed by atoms with van der Waals surface area (Å²) in [5.41, 5.74) is 5.67. The molecule has 140 valence electrons. The fourth-order valence-electron chi connectivity index (χ4n) is 2.92. The van der Waals surface area contributed by atoms with Crippen molar-refractivity contribution in [3.8, 4) is 0 Å². The second kappa shape index (κ2) is 8.49. The van der Waals surface area contributed by atoms with Crippen LogP contribution < -0.4 is 15.5 Å². The largest absolute Gasteiger partial charge is 0.378 e. The third-order valence-corrected chi connectivity index (χ3v) is 4.45. The molecule has 6 nitrogen and oxygen atoms in total. The van der Waals surface area contributed by atoms with Gasteiger partial charge in [0.1, 0.15) is 0 Å². The summed E-state index contributed by atoms with van der Waals surface area (Å²) in [4.78, 5) is 6.63. The van der Waals surface area contributed by atoms with Crippen molar-refractivity contribution in [1.29, 1.82) is 0 Å². The van der Waals surface area contributed by atoms with Gasteiger partial charge in [-0.3, -0.25) is 0 Å². The molecule has 1 heterocycles. The monoisotopic (exact) mass is 362 g/mol. The average Bonchev–Trinajstić information content (AvgIpc) is 2.69. The summed E-state index contributed by atoms with van der Waals surface area (Å²) >= 11 is 0. The molecular formula is C21H26N6. The van der Waals surface area contributed by atoms with Crippen molar-refractivity contribution in [3.05, 3.63) is 59.8 Å². The van der Waals surface area contributed by atoms with Crippen molar-refractivity contribution in [1.82, 2.24) is 15.2 Å². The van der Waals surface area contributed by atoms with Crippen molar-refractivity contribution in [2.24, 2.45) is 0 Å². The van der Waals surface area contributed by atoms with Crippen molar-refractivity contribution >= 4 is 28.8 Å². The number of benzene rings is 2. The maximum absolute atomic E-state index is 4.57. The fraction of sp³-hybridized carbons (Fsp3) is 0.286. The molecule has 0 radical (unpaired) electrons. The lowest BCUT2D eigenvalue weighted by atomic mass is 10.0. The Kier molecular flexibility index (Phi) is 5.86. The molecule has 0 amide bonds. The number of anilines is 5. The Morgan fingerprint density at radius 1 is 0.889 bits per heavy atom. The number of nitrogens with one attached hydrogen (secondary N) is 2. The number of hydrogen-bond donors (Lipinski definition) is 2. The second-order valence-electron chi connectivity index (χ2n) is 6.51. The van der Waals surface area contributed by atoms with Gasteiger partial charge in [-0.2, -0.15) is 10.1 Å². The summed E-state index contributed by atoms with van der Waals surface area (Å²) in [6.07, 6.45) is 3.51. The molecule has 0 fully saturated rings. The minimum Gasteiger partial charge on any atom is -0.378 e. The zero-order valence-corrected chi connectivity index (χ0v) is 16.3. The first kappa shape index (κ1) is 18.6. The number of para-hydroxylation sites is 1. The predicted octanol–water partition coefficient (Wildman–Crippen LogP) is 4.55. The van der Waals surface area contributed by atoms with Crippen LogP contribution in [-0.4, -0.2) is 29.3 Å². The van der Waals surface area contributed by atoms with E-state index in [-0.39, 0.29) is 0 Å². The molecule has 0 saturated heterocycles. The van der Waals surface area contributed by atoms with E-state index in [0.29, 0.717) is 11.8 Å². The highest BCUT2D eigenvalue weighted by Gasteiger charge is 2.09. The van der Waals surface area contributed by atoms with Crippen LogP contribution in [0.15, 0.2) is 48.7 Å². The van der Waals surface area contributed by atoms with Gasteiger partial charge >= 0.3 is 0 Å². The zero-order valence-electron chi connectivity index (χ0n) is 16.3. The first-order chi connectivity index (χ1) is 13.1. The van der Waals surface area contributed by atoms with Crippen LogP contribution in [-0.2, 0) is 12.8 Å². The average molecular weight is 362 g/mol. The van der Waals surface area contributed by atoms with Crippen molar-refractivity contribution in [3.63, 3.8) is 0 Å². The van der Waals surface area contributed by atoms with Gasteiger partial charge in [0, 0.05) is 31.2 Å². The summed E-state index contributed by atoms with van der Waals surface area (Å²) in [5, 5.41) is 14.9. The summed E-state index contributed by atoms with van der Waals surface area (Å²) in [6.45, 7) is 4.29. The molecule has 0 bridgehead atoms. The molecule has 6 heteroatoms. The Labute approximate surface area is 160 Å². The van der Waals surface area contributed by atoms with E-state index in [4.69, 9.17) is 0 Å². The highest BCUT2D eigenvalue weighted by molar-refractivity contribution is 5.65. The maximum Gasteiger partial charge on any atom is 0.249 e. The maximum atomic E-state index is 4.57. The third kappa shape index (κ3) is 4.53. The van der Waals surface area contributed by atoms with Crippen molar-refractivity contribution in [2.45, 2.75) is 26.7 Å². The summed E-state index contributed by atoms with van der Waals surface area (Å²) in [5.74, 6) is 1.14. The van der Waals surface area contributed by atoms with Crippen LogP contribution in [0, 0.1) is 0 Å². The molecule has 0 spiro atoms. The van der Waals surface area contributed by atoms with Gasteiger partial charge in [-0.05, 0) is 48.2 Å². The molecule has 1 aromatic heterocycles. The van der Waals surface area contributed by atoms with Crippen LogP contribution >= 0.6 is 0 Å². The molecule has 0 aliphatic carbocycles. The Morgan fingerprint density at radius 3 is 2.15 bits per heavy atom. The van der Waals surface area contributed by atoms with Gasteiger partial charge in [0.2, 0.25) is 5.95 Å². The number of aromatic nitrogens is 3. The van der Waals surface area contributed by atoms with Crippen LogP contribution in [0.25, 0.3) is 0 Å². The molecule has 2 N–H and O–H groups in total. The topological polar surface area (TPSA) is 66.0 Å². The molecule has 3 aromatic rings. The summed E-state index contributed by atoms with van der Waals surface area (Å²) in [7, 11) is 4.04. The second-order valence-corrected chi connectivity index (χ2v) is 6.51. The number of rotatable bonds is 7. The van der Waals surface area contributed by atoms with Gasteiger partial charge in [-0.1, -0.05) is 32.0 Å². The Balaban J connectivity index is 1.80. The lowest BCUT2D eigenvalue weighted by Crippen LogP contribution is -2.08. The van der Waals surface area contributed by atoms with Gasteiger partial charge in [0.25, 0.3) is 0 Å². The highest BCUT2D eigenvalue weighted by Crippen LogP contribution is 2.25. The van der Waals surface area contributed by atoms with E-state index in [2.05, 4.69) is 74.9 Å². The fourth-order valence-corrected chi connectivity index (χ4v) is 2.92. The Morgan fingerprint density at radius 2 is 1.56 bits per heavy atom. The normalized spacial score (nSPS) is 10.5. The smallest absolute Gasteiger partial charge is 0.249 e. The molecule has 27 heavy (non-hydrogen) atoms. The van der Waals surface area contributed by atoms with E-state index >= 15 is 0 Å². The minimum absolute atomic E-state index is 0.487. The van der Waals surface area contributed by atoms with E-state index in [1.165, 1.54) is 11.1 Å². The SMILES string of the molecule is CCc1cccc(CC)c1Nc1nncc(Nc2ccc(N(C)C)cc2)n1. The third-order valence-electron chi connectivity index (χ3n) is 4.45. The van der Waals surface area contributed by atoms with Crippen molar-refractivity contribution in [2.75, 3.05) is 29.6 Å². The molecule has 0 unspecified atom stereocenters. The molecule has 3 rings (SSSR count). The number of nitrogens with zero attached hydrogens (tertiary/aromatic N) is 4. The molecule has 0 saturated carbocycles. The predicted molar refractivity (Wildman–Crippen MR) is 112 cm³/mol. The van der Waals surface area contributed by atoms with Gasteiger partial charge in [0.15, 0.2) is 5.82 Å². The first-order valence-corrected chi connectivity index (χ1v) is 9.22. The molecule has 0 aliphatic heterocycles. The lowest BCUT2D eigenvalue weighted by molar-refractivity contribution is 0.976. The van der Waals surface area contributed by atoms with Crippen LogP contribution in [0.5, 0.6) is 0 Å². The molecule has 0 aliphatic rings. The van der Waals surface area contributed by atoms with Gasteiger partial charge < -0.3 is 15.5 Å². The minimum atomic E-state index is 0.487. The molecular weight excluding hydrogens is 336 g/mol. The van der Waals surface area contributed by atoms with Gasteiger partial charge in [-0.25, -0.2) is 0 Å². The van der Waals surface area contributed by atoms with E-state index in [1.54, 1.807) is 6.20 Å². The standard InChI is InChI=1S/C21H26N6/c1-5-15-8-7-9-16(6-2)20(15)25-21-24-19(14-22-26-21)23-17-10-12-18(13-11-17)27(3)4/h7-14H,5-6H2,1-4H3,(H2,23,24,25,26). The Bertz CT molecular complexity index is 867. The van der Waals surface area contributed by atoms with Gasteiger partial charge in [0.05, 0.1) is 6.20 Å². The summed E-state index contributed by atoms with van der Waals surface area (Å²) in [6, 6.07) is 14.5. The quantitative estimate of drug-likeness (QED) is 0.643. The van der Waals surface area contributed by atoms with E-state index in [1.807, 2.05) is 26.2 Å². The van der Waals surface area contributed by atoms with Crippen molar-refractivity contribution < 1.29 is 0 Å².